The number of hydrogen-bond donors (Lipinski definition) is 1. The summed E-state index contributed by atoms with van der Waals surface area (Å²) in [6, 6.07) is 3.88. The summed E-state index contributed by atoms with van der Waals surface area (Å²) in [4.78, 5) is 32.7. The minimum Gasteiger partial charge on any atom is -0.354 e. The number of nitrogens with one attached hydrogen (secondary N) is 1. The summed E-state index contributed by atoms with van der Waals surface area (Å²) in [6.45, 7) is 4.23. The average molecular weight is 345 g/mol. The van der Waals surface area contributed by atoms with Crippen LogP contribution in [0.1, 0.15) is 5.56 Å². The average Bonchev–Trinajstić information content (AvgIpc) is 2.93. The molecule has 0 unspecified atom stereocenters. The molecule has 0 aliphatic carbocycles. The molecule has 0 radical (unpaired) electrons. The Balaban J connectivity index is 1.56. The zero-order chi connectivity index (χ0) is 17.8. The van der Waals surface area contributed by atoms with Crippen molar-refractivity contribution >= 4 is 11.7 Å². The van der Waals surface area contributed by atoms with Gasteiger partial charge in [-0.3, -0.25) is 9.36 Å². The number of amides is 1. The number of hydrogen-bond acceptors (Lipinski definition) is 6. The maximum atomic E-state index is 12.0. The zero-order valence-electron chi connectivity index (χ0n) is 14.6. The lowest BCUT2D eigenvalue weighted by Crippen LogP contribution is -2.44. The first-order valence-corrected chi connectivity index (χ1v) is 8.26. The van der Waals surface area contributed by atoms with Crippen molar-refractivity contribution in [2.45, 2.75) is 13.1 Å². The minimum atomic E-state index is -0.309. The standard InChI is InChI=1S/C16H23N7O2/c1-20-5-7-22(8-6-20)14-9-13(3-4-17-14)10-18-15(24)11-23-16(25)21(2)12-19-23/h3-4,9,12H,5-8,10-11H2,1-2H3,(H,18,24). The van der Waals surface area contributed by atoms with Crippen molar-refractivity contribution in [2.24, 2.45) is 7.05 Å². The number of aryl methyl sites for hydroxylation is 1. The molecule has 0 aromatic carbocycles. The van der Waals surface area contributed by atoms with Crippen LogP contribution in [0.3, 0.4) is 0 Å². The van der Waals surface area contributed by atoms with Crippen LogP contribution in [0.4, 0.5) is 5.82 Å². The van der Waals surface area contributed by atoms with Crippen molar-refractivity contribution < 1.29 is 4.79 Å². The smallest absolute Gasteiger partial charge is 0.345 e. The van der Waals surface area contributed by atoms with Gasteiger partial charge in [-0.2, -0.15) is 5.10 Å². The molecule has 0 spiro atoms. The summed E-state index contributed by atoms with van der Waals surface area (Å²) in [5, 5.41) is 6.70. The van der Waals surface area contributed by atoms with Gasteiger partial charge in [0.25, 0.3) is 0 Å². The highest BCUT2D eigenvalue weighted by Gasteiger charge is 2.15. The van der Waals surface area contributed by atoms with Gasteiger partial charge in [-0.1, -0.05) is 0 Å². The number of carbonyl (C=O) groups excluding carboxylic acids is 1. The van der Waals surface area contributed by atoms with E-state index in [9.17, 15) is 9.59 Å². The number of rotatable bonds is 5. The fourth-order valence-electron chi connectivity index (χ4n) is 2.70. The van der Waals surface area contributed by atoms with Crippen LogP contribution in [-0.2, 0) is 24.9 Å². The normalized spacial score (nSPS) is 15.4. The Bertz CT molecular complexity index is 790. The first-order valence-electron chi connectivity index (χ1n) is 8.26. The van der Waals surface area contributed by atoms with Crippen molar-refractivity contribution in [3.05, 3.63) is 40.7 Å². The summed E-state index contributed by atoms with van der Waals surface area (Å²) in [5.41, 5.74) is 0.669. The lowest BCUT2D eigenvalue weighted by molar-refractivity contribution is -0.122. The van der Waals surface area contributed by atoms with Crippen molar-refractivity contribution in [1.82, 2.24) is 29.5 Å². The van der Waals surface area contributed by atoms with E-state index in [0.717, 1.165) is 42.2 Å². The highest BCUT2D eigenvalue weighted by Crippen LogP contribution is 2.14. The van der Waals surface area contributed by atoms with E-state index in [4.69, 9.17) is 0 Å². The molecule has 3 rings (SSSR count). The van der Waals surface area contributed by atoms with Crippen LogP contribution in [0.5, 0.6) is 0 Å². The Kier molecular flexibility index (Phi) is 5.13. The van der Waals surface area contributed by atoms with Gasteiger partial charge in [-0.25, -0.2) is 14.5 Å². The third-order valence-corrected chi connectivity index (χ3v) is 4.31. The quantitative estimate of drug-likeness (QED) is 0.751. The Morgan fingerprint density at radius 3 is 2.68 bits per heavy atom. The largest absolute Gasteiger partial charge is 0.354 e. The van der Waals surface area contributed by atoms with Crippen LogP contribution in [-0.4, -0.2) is 63.4 Å². The summed E-state index contributed by atoms with van der Waals surface area (Å²) < 4.78 is 2.47. The van der Waals surface area contributed by atoms with Crippen molar-refractivity contribution in [3.8, 4) is 0 Å². The fourth-order valence-corrected chi connectivity index (χ4v) is 2.70. The minimum absolute atomic E-state index is 0.0872. The van der Waals surface area contributed by atoms with Gasteiger partial charge in [-0.15, -0.1) is 0 Å². The van der Waals surface area contributed by atoms with Crippen LogP contribution >= 0.6 is 0 Å². The van der Waals surface area contributed by atoms with Gasteiger partial charge in [0.2, 0.25) is 5.91 Å². The van der Waals surface area contributed by atoms with E-state index in [0.29, 0.717) is 6.54 Å². The molecular formula is C16H23N7O2. The molecule has 2 aromatic rings. The van der Waals surface area contributed by atoms with Gasteiger partial charge in [0.05, 0.1) is 0 Å². The molecule has 134 valence electrons. The lowest BCUT2D eigenvalue weighted by Gasteiger charge is -2.33. The first-order chi connectivity index (χ1) is 12.0. The third kappa shape index (κ3) is 4.24. The molecule has 25 heavy (non-hydrogen) atoms. The van der Waals surface area contributed by atoms with Gasteiger partial charge in [-0.05, 0) is 24.7 Å². The summed E-state index contributed by atoms with van der Waals surface area (Å²) in [6.07, 6.45) is 3.15. The molecule has 2 aromatic heterocycles. The topological polar surface area (TPSA) is 88.3 Å². The number of carbonyl (C=O) groups is 1. The molecule has 0 saturated carbocycles. The van der Waals surface area contributed by atoms with E-state index in [2.05, 4.69) is 32.2 Å². The number of pyridine rings is 1. The molecule has 1 saturated heterocycles. The summed E-state index contributed by atoms with van der Waals surface area (Å²) >= 11 is 0. The predicted molar refractivity (Wildman–Crippen MR) is 93.3 cm³/mol. The van der Waals surface area contributed by atoms with Gasteiger partial charge in [0, 0.05) is 46.0 Å². The van der Waals surface area contributed by atoms with Crippen molar-refractivity contribution in [2.75, 3.05) is 38.1 Å². The van der Waals surface area contributed by atoms with Crippen molar-refractivity contribution in [1.29, 1.82) is 0 Å². The van der Waals surface area contributed by atoms with Gasteiger partial charge in [0.1, 0.15) is 18.7 Å². The maximum Gasteiger partial charge on any atom is 0.345 e. The summed E-state index contributed by atoms with van der Waals surface area (Å²) in [5.74, 6) is 0.680. The zero-order valence-corrected chi connectivity index (χ0v) is 14.6. The van der Waals surface area contributed by atoms with Crippen LogP contribution in [0, 0.1) is 0 Å². The maximum absolute atomic E-state index is 12.0. The molecular weight excluding hydrogens is 322 g/mol. The molecule has 9 nitrogen and oxygen atoms in total. The Labute approximate surface area is 145 Å². The Hall–Kier alpha value is -2.68. The number of piperazine rings is 1. The number of aromatic nitrogens is 4. The number of anilines is 1. The third-order valence-electron chi connectivity index (χ3n) is 4.31. The molecule has 3 heterocycles. The number of likely N-dealkylation sites (N-methyl/N-ethyl adjacent to an activating group) is 1. The van der Waals surface area contributed by atoms with Gasteiger partial charge in [0.15, 0.2) is 0 Å². The van der Waals surface area contributed by atoms with E-state index in [1.165, 1.54) is 10.9 Å². The van der Waals surface area contributed by atoms with Gasteiger partial charge >= 0.3 is 5.69 Å². The molecule has 1 N–H and O–H groups in total. The lowest BCUT2D eigenvalue weighted by atomic mass is 10.2. The second-order valence-corrected chi connectivity index (χ2v) is 6.27. The van der Waals surface area contributed by atoms with E-state index in [1.54, 1.807) is 13.2 Å². The number of nitrogens with zero attached hydrogens (tertiary/aromatic N) is 6. The molecule has 9 heteroatoms. The van der Waals surface area contributed by atoms with Crippen LogP contribution < -0.4 is 15.9 Å². The molecule has 1 aliphatic rings. The van der Waals surface area contributed by atoms with Crippen LogP contribution in [0.15, 0.2) is 29.5 Å². The molecule has 1 aliphatic heterocycles. The van der Waals surface area contributed by atoms with Crippen LogP contribution in [0.25, 0.3) is 0 Å². The SMILES string of the molecule is CN1CCN(c2cc(CNC(=O)Cn3ncn(C)c3=O)ccn2)CC1. The van der Waals surface area contributed by atoms with E-state index in [1.807, 2.05) is 12.1 Å². The van der Waals surface area contributed by atoms with E-state index in [-0.39, 0.29) is 18.1 Å². The summed E-state index contributed by atoms with van der Waals surface area (Å²) in [7, 11) is 3.71. The molecule has 0 bridgehead atoms. The van der Waals surface area contributed by atoms with Crippen molar-refractivity contribution in [3.63, 3.8) is 0 Å². The Morgan fingerprint density at radius 2 is 2.00 bits per heavy atom. The second kappa shape index (κ2) is 7.47. The van der Waals surface area contributed by atoms with E-state index >= 15 is 0 Å². The predicted octanol–water partition coefficient (Wildman–Crippen LogP) is -0.955. The molecule has 1 fully saturated rings. The highest BCUT2D eigenvalue weighted by atomic mass is 16.2. The Morgan fingerprint density at radius 1 is 1.24 bits per heavy atom. The molecule has 0 atom stereocenters. The van der Waals surface area contributed by atoms with Crippen LogP contribution in [0.2, 0.25) is 0 Å². The fraction of sp³-hybridized carbons (Fsp3) is 0.500. The van der Waals surface area contributed by atoms with Gasteiger partial charge < -0.3 is 15.1 Å². The second-order valence-electron chi connectivity index (χ2n) is 6.27. The molecule has 1 amide bonds. The highest BCUT2D eigenvalue weighted by molar-refractivity contribution is 5.75. The first kappa shape index (κ1) is 17.2. The monoisotopic (exact) mass is 345 g/mol. The van der Waals surface area contributed by atoms with E-state index < -0.39 is 0 Å².